The predicted molar refractivity (Wildman–Crippen MR) is 103 cm³/mol. The number of halogens is 3. The normalized spacial score (nSPS) is 21.8. The van der Waals surface area contributed by atoms with E-state index in [2.05, 4.69) is 0 Å². The van der Waals surface area contributed by atoms with Crippen molar-refractivity contribution >= 4 is 17.4 Å². The summed E-state index contributed by atoms with van der Waals surface area (Å²) in [5.74, 6) is -1.65. The molecule has 1 aliphatic heterocycles. The molecule has 2 aliphatic rings. The lowest BCUT2D eigenvalue weighted by atomic mass is 9.76. The predicted octanol–water partition coefficient (Wildman–Crippen LogP) is 5.43. The van der Waals surface area contributed by atoms with Crippen molar-refractivity contribution in [1.29, 1.82) is 0 Å². The van der Waals surface area contributed by atoms with Crippen molar-refractivity contribution in [3.8, 4) is 0 Å². The number of amides is 1. The van der Waals surface area contributed by atoms with Gasteiger partial charge in [0.2, 0.25) is 0 Å². The number of carbonyl (C=O) groups is 2. The molecule has 3 rings (SSSR count). The van der Waals surface area contributed by atoms with E-state index in [0.29, 0.717) is 0 Å². The van der Waals surface area contributed by atoms with Crippen LogP contribution in [0.3, 0.4) is 0 Å². The maximum atomic E-state index is 13.1. The maximum absolute atomic E-state index is 13.1. The number of aliphatic hydroxyl groups is 1. The van der Waals surface area contributed by atoms with Gasteiger partial charge in [0, 0.05) is 11.1 Å². The Kier molecular flexibility index (Phi) is 5.54. The second kappa shape index (κ2) is 7.50. The van der Waals surface area contributed by atoms with E-state index in [0.717, 1.165) is 44.2 Å². The first-order chi connectivity index (χ1) is 13.4. The molecule has 1 amide bonds. The Hall–Kier alpha value is -2.31. The fourth-order valence-electron chi connectivity index (χ4n) is 4.26. The van der Waals surface area contributed by atoms with Gasteiger partial charge in [-0.25, -0.2) is 0 Å². The minimum Gasteiger partial charge on any atom is -0.503 e. The summed E-state index contributed by atoms with van der Waals surface area (Å²) in [6.07, 6.45) is 0.0776. The van der Waals surface area contributed by atoms with Gasteiger partial charge >= 0.3 is 6.18 Å². The van der Waals surface area contributed by atoms with Crippen molar-refractivity contribution in [2.45, 2.75) is 65.1 Å². The number of Topliss-reactive ketones (excluding diaryl/α,β-unsaturated/α-hetero) is 1. The minimum atomic E-state index is -4.48. The maximum Gasteiger partial charge on any atom is 0.416 e. The molecule has 1 N–H and O–H groups in total. The van der Waals surface area contributed by atoms with E-state index in [9.17, 15) is 27.9 Å². The molecule has 0 spiro atoms. The number of alkyl halides is 3. The lowest BCUT2D eigenvalue weighted by Crippen LogP contribution is -2.44. The first-order valence-electron chi connectivity index (χ1n) is 9.91. The Morgan fingerprint density at radius 1 is 1.03 bits per heavy atom. The van der Waals surface area contributed by atoms with Crippen molar-refractivity contribution in [2.75, 3.05) is 4.90 Å². The highest BCUT2D eigenvalue weighted by molar-refractivity contribution is 6.17. The van der Waals surface area contributed by atoms with Gasteiger partial charge in [0.25, 0.3) is 5.91 Å². The Morgan fingerprint density at radius 2 is 1.59 bits per heavy atom. The van der Waals surface area contributed by atoms with Crippen LogP contribution in [0.2, 0.25) is 0 Å². The van der Waals surface area contributed by atoms with Crippen LogP contribution in [0.1, 0.15) is 58.4 Å². The third-order valence-corrected chi connectivity index (χ3v) is 5.75. The smallest absolute Gasteiger partial charge is 0.416 e. The van der Waals surface area contributed by atoms with Crippen LogP contribution in [0.5, 0.6) is 0 Å². The van der Waals surface area contributed by atoms with E-state index in [4.69, 9.17) is 0 Å². The molecule has 1 heterocycles. The zero-order valence-corrected chi connectivity index (χ0v) is 16.8. The van der Waals surface area contributed by atoms with E-state index < -0.39 is 34.9 Å². The second-order valence-electron chi connectivity index (χ2n) is 8.90. The quantitative estimate of drug-likeness (QED) is 0.724. The Labute approximate surface area is 168 Å². The van der Waals surface area contributed by atoms with Crippen LogP contribution in [0.4, 0.5) is 18.9 Å². The van der Waals surface area contributed by atoms with Gasteiger partial charge in [-0.3, -0.25) is 14.5 Å². The molecule has 7 heteroatoms. The van der Waals surface area contributed by atoms with Gasteiger partial charge in [-0.2, -0.15) is 13.2 Å². The fourth-order valence-corrected chi connectivity index (χ4v) is 4.26. The number of ketones is 1. The van der Waals surface area contributed by atoms with E-state index >= 15 is 0 Å². The highest BCUT2D eigenvalue weighted by Crippen LogP contribution is 2.42. The largest absolute Gasteiger partial charge is 0.503 e. The molecule has 0 radical (unpaired) electrons. The Morgan fingerprint density at radius 3 is 2.07 bits per heavy atom. The van der Waals surface area contributed by atoms with Crippen LogP contribution >= 0.6 is 0 Å². The molecule has 1 fully saturated rings. The number of carbonyl (C=O) groups excluding carboxylic acids is 2. The number of anilines is 1. The molecule has 0 aromatic heterocycles. The fraction of sp³-hybridized carbons (Fsp3) is 0.545. The first-order valence-corrected chi connectivity index (χ1v) is 9.91. The van der Waals surface area contributed by atoms with Gasteiger partial charge < -0.3 is 5.11 Å². The van der Waals surface area contributed by atoms with Crippen molar-refractivity contribution < 1.29 is 27.9 Å². The average molecular weight is 409 g/mol. The van der Waals surface area contributed by atoms with Gasteiger partial charge in [-0.1, -0.05) is 40.0 Å². The summed E-state index contributed by atoms with van der Waals surface area (Å²) in [7, 11) is 0. The molecule has 1 aliphatic carbocycles. The summed E-state index contributed by atoms with van der Waals surface area (Å²) < 4.78 is 38.8. The van der Waals surface area contributed by atoms with Crippen molar-refractivity contribution in [3.05, 3.63) is 41.2 Å². The number of hydrogen-bond acceptors (Lipinski definition) is 3. The molecular formula is C22H26F3NO3. The summed E-state index contributed by atoms with van der Waals surface area (Å²) in [6.45, 7) is 5.16. The Bertz CT molecular complexity index is 828. The van der Waals surface area contributed by atoms with Crippen LogP contribution in [0.15, 0.2) is 35.6 Å². The van der Waals surface area contributed by atoms with Gasteiger partial charge in [0.05, 0.1) is 17.2 Å². The molecule has 158 valence electrons. The molecule has 1 atom stereocenters. The van der Waals surface area contributed by atoms with Gasteiger partial charge in [0.15, 0.2) is 11.5 Å². The molecule has 1 aromatic rings. The summed E-state index contributed by atoms with van der Waals surface area (Å²) in [5, 5.41) is 10.6. The number of benzene rings is 1. The molecule has 0 bridgehead atoms. The summed E-state index contributed by atoms with van der Waals surface area (Å²) in [6, 6.07) is 3.64. The second-order valence-corrected chi connectivity index (χ2v) is 8.90. The summed E-state index contributed by atoms with van der Waals surface area (Å²) in [4.78, 5) is 27.3. The van der Waals surface area contributed by atoms with Gasteiger partial charge in [0.1, 0.15) is 0 Å². The van der Waals surface area contributed by atoms with Crippen molar-refractivity contribution in [2.24, 2.45) is 11.3 Å². The zero-order valence-electron chi connectivity index (χ0n) is 16.8. The van der Waals surface area contributed by atoms with Crippen LogP contribution in [0, 0.1) is 11.3 Å². The summed E-state index contributed by atoms with van der Waals surface area (Å²) >= 11 is 0. The van der Waals surface area contributed by atoms with Gasteiger partial charge in [-0.15, -0.1) is 0 Å². The number of rotatable bonds is 3. The molecule has 29 heavy (non-hydrogen) atoms. The SMILES string of the molecule is CC(C)(C)C(=O)C1=C(O)C(=O)N(c2ccc(C(F)(F)F)cc2)[C@H]1C1CCCCC1. The molecule has 0 saturated heterocycles. The standard InChI is InChI=1S/C22H26F3NO3/c1-21(2,3)19(28)16-17(13-7-5-4-6-8-13)26(20(29)18(16)27)15-11-9-14(10-12-15)22(23,24)25/h9-13,17,27H,4-8H2,1-3H3/t17-/m0/s1. The number of aliphatic hydroxyl groups excluding tert-OH is 1. The number of nitrogens with zero attached hydrogens (tertiary/aromatic N) is 1. The number of hydrogen-bond donors (Lipinski definition) is 1. The van der Waals surface area contributed by atoms with Crippen molar-refractivity contribution in [3.63, 3.8) is 0 Å². The molecule has 0 unspecified atom stereocenters. The highest BCUT2D eigenvalue weighted by atomic mass is 19.4. The van der Waals surface area contributed by atoms with E-state index in [1.54, 1.807) is 20.8 Å². The van der Waals surface area contributed by atoms with Crippen LogP contribution in [-0.4, -0.2) is 22.8 Å². The zero-order chi connectivity index (χ0) is 21.6. The third-order valence-electron chi connectivity index (χ3n) is 5.75. The van der Waals surface area contributed by atoms with Crippen LogP contribution in [-0.2, 0) is 15.8 Å². The first kappa shape index (κ1) is 21.4. The summed E-state index contributed by atoms with van der Waals surface area (Å²) in [5.41, 5.74) is -1.27. The van der Waals surface area contributed by atoms with Gasteiger partial charge in [-0.05, 0) is 43.0 Å². The molecule has 4 nitrogen and oxygen atoms in total. The monoisotopic (exact) mass is 409 g/mol. The minimum absolute atomic E-state index is 0.0269. The van der Waals surface area contributed by atoms with Crippen molar-refractivity contribution in [1.82, 2.24) is 0 Å². The highest BCUT2D eigenvalue weighted by Gasteiger charge is 2.49. The van der Waals surface area contributed by atoms with Crippen LogP contribution in [0.25, 0.3) is 0 Å². The van der Waals surface area contributed by atoms with E-state index in [1.807, 2.05) is 0 Å². The van der Waals surface area contributed by atoms with E-state index in [-0.39, 0.29) is 23.0 Å². The third kappa shape index (κ3) is 4.05. The Balaban J connectivity index is 2.06. The lowest BCUT2D eigenvalue weighted by Gasteiger charge is -2.36. The molecule has 1 saturated carbocycles. The lowest BCUT2D eigenvalue weighted by molar-refractivity contribution is -0.137. The average Bonchev–Trinajstić information content (AvgIpc) is 2.91. The van der Waals surface area contributed by atoms with Crippen LogP contribution < -0.4 is 4.90 Å². The molecular weight excluding hydrogens is 383 g/mol. The topological polar surface area (TPSA) is 57.6 Å². The molecule has 1 aromatic carbocycles. The van der Waals surface area contributed by atoms with E-state index in [1.165, 1.54) is 17.0 Å².